The lowest BCUT2D eigenvalue weighted by Gasteiger charge is -2.31. The Hall–Kier alpha value is -2.16. The predicted octanol–water partition coefficient (Wildman–Crippen LogP) is 3.12. The first-order chi connectivity index (χ1) is 13.7. The second-order valence-electron chi connectivity index (χ2n) is 7.24. The van der Waals surface area contributed by atoms with Gasteiger partial charge in [0, 0.05) is 13.1 Å². The minimum Gasteiger partial charge on any atom is -0.369 e. The Morgan fingerprint density at radius 3 is 2.76 bits per heavy atom. The number of halogens is 2. The Balaban J connectivity index is 1.72. The molecule has 6 nitrogen and oxygen atoms in total. The van der Waals surface area contributed by atoms with Crippen molar-refractivity contribution in [1.29, 1.82) is 0 Å². The number of amides is 1. The molecule has 0 bridgehead atoms. The number of nitrogens with two attached hydrogens (primary N) is 1. The lowest BCUT2D eigenvalue weighted by Crippen LogP contribution is -2.40. The number of nitrogens with one attached hydrogen (secondary N) is 1. The van der Waals surface area contributed by atoms with Gasteiger partial charge >= 0.3 is 0 Å². The van der Waals surface area contributed by atoms with Crippen LogP contribution in [0.2, 0.25) is 5.02 Å². The van der Waals surface area contributed by atoms with Crippen LogP contribution in [-0.2, 0) is 27.1 Å². The van der Waals surface area contributed by atoms with Gasteiger partial charge in [-0.2, -0.15) is 0 Å². The number of likely N-dealkylation sites (tertiary alicyclic amines) is 1. The lowest BCUT2D eigenvalue weighted by molar-refractivity contribution is -0.123. The van der Waals surface area contributed by atoms with E-state index in [1.165, 1.54) is 12.1 Å². The molecule has 0 saturated carbocycles. The summed E-state index contributed by atoms with van der Waals surface area (Å²) in [4.78, 5) is 13.6. The van der Waals surface area contributed by atoms with Gasteiger partial charge in [0.1, 0.15) is 5.82 Å². The number of para-hydroxylation sites is 1. The highest BCUT2D eigenvalue weighted by molar-refractivity contribution is 7.91. The van der Waals surface area contributed by atoms with Crippen LogP contribution >= 0.6 is 11.6 Å². The normalized spacial score (nSPS) is 17.8. The van der Waals surface area contributed by atoms with Crippen LogP contribution in [0.4, 0.5) is 10.1 Å². The number of benzene rings is 2. The lowest BCUT2D eigenvalue weighted by atomic mass is 9.97. The largest absolute Gasteiger partial charge is 0.369 e. The maximum atomic E-state index is 13.6. The molecule has 3 rings (SSSR count). The molecule has 9 heteroatoms. The van der Waals surface area contributed by atoms with Gasteiger partial charge in [0.15, 0.2) is 0 Å². The van der Waals surface area contributed by atoms with E-state index in [2.05, 4.69) is 9.62 Å². The van der Waals surface area contributed by atoms with Crippen LogP contribution in [0.15, 0.2) is 42.5 Å². The van der Waals surface area contributed by atoms with Gasteiger partial charge in [0.2, 0.25) is 15.9 Å². The molecule has 2 aromatic carbocycles. The zero-order valence-electron chi connectivity index (χ0n) is 15.8. The third-order valence-electron chi connectivity index (χ3n) is 4.93. The monoisotopic (exact) mass is 439 g/mol. The maximum absolute atomic E-state index is 13.6. The Morgan fingerprint density at radius 2 is 2.03 bits per heavy atom. The van der Waals surface area contributed by atoms with Crippen molar-refractivity contribution in [2.45, 2.75) is 25.1 Å². The second-order valence-corrected chi connectivity index (χ2v) is 9.37. The quantitative estimate of drug-likeness (QED) is 0.693. The molecule has 3 N–H and O–H groups in total. The molecule has 1 saturated heterocycles. The van der Waals surface area contributed by atoms with E-state index in [4.69, 9.17) is 17.3 Å². The van der Waals surface area contributed by atoms with E-state index in [0.29, 0.717) is 24.3 Å². The molecule has 0 radical (unpaired) electrons. The van der Waals surface area contributed by atoms with Gasteiger partial charge < -0.3 is 5.73 Å². The minimum atomic E-state index is -3.76. The highest BCUT2D eigenvalue weighted by Gasteiger charge is 2.24. The number of anilines is 1. The highest BCUT2D eigenvalue weighted by atomic mass is 35.5. The SMILES string of the molecule is NC(=O)C1CCCN(Cc2ccccc2NS(=O)(=O)Cc2ccc(Cl)c(F)c2)C1. The molecule has 1 atom stereocenters. The number of piperidine rings is 1. The number of nitrogens with zero attached hydrogens (tertiary/aromatic N) is 1. The Bertz CT molecular complexity index is 1000. The number of primary amides is 1. The van der Waals surface area contributed by atoms with Crippen LogP contribution in [0.25, 0.3) is 0 Å². The van der Waals surface area contributed by atoms with Gasteiger partial charge in [-0.15, -0.1) is 0 Å². The van der Waals surface area contributed by atoms with Gasteiger partial charge in [-0.1, -0.05) is 35.9 Å². The molecule has 1 fully saturated rings. The van der Waals surface area contributed by atoms with Crippen molar-refractivity contribution in [3.63, 3.8) is 0 Å². The minimum absolute atomic E-state index is 0.0553. The summed E-state index contributed by atoms with van der Waals surface area (Å²) >= 11 is 5.65. The molecule has 1 aliphatic rings. The highest BCUT2D eigenvalue weighted by Crippen LogP contribution is 2.24. The molecule has 156 valence electrons. The van der Waals surface area contributed by atoms with Crippen molar-refractivity contribution in [2.24, 2.45) is 11.7 Å². The van der Waals surface area contributed by atoms with E-state index < -0.39 is 15.8 Å². The number of hydrogen-bond donors (Lipinski definition) is 2. The van der Waals surface area contributed by atoms with Crippen LogP contribution in [0.5, 0.6) is 0 Å². The molecule has 1 aliphatic heterocycles. The zero-order chi connectivity index (χ0) is 21.0. The fraction of sp³-hybridized carbons (Fsp3) is 0.350. The molecule has 1 unspecified atom stereocenters. The van der Waals surface area contributed by atoms with Gasteiger partial charge in [-0.3, -0.25) is 14.4 Å². The molecular weight excluding hydrogens is 417 g/mol. The molecule has 29 heavy (non-hydrogen) atoms. The standard InChI is InChI=1S/C20H23ClFN3O3S/c21-17-8-7-14(10-18(17)22)13-29(27,28)24-19-6-2-1-4-15(19)11-25-9-3-5-16(12-25)20(23)26/h1-2,4,6-8,10,16,24H,3,5,9,11-13H2,(H2,23,26). The van der Waals surface area contributed by atoms with Crippen LogP contribution in [0, 0.1) is 11.7 Å². The summed E-state index contributed by atoms with van der Waals surface area (Å²) in [5.41, 5.74) is 7.00. The van der Waals surface area contributed by atoms with E-state index in [-0.39, 0.29) is 22.6 Å². The van der Waals surface area contributed by atoms with Crippen molar-refractivity contribution >= 4 is 33.2 Å². The van der Waals surface area contributed by atoms with E-state index in [0.717, 1.165) is 31.0 Å². The Morgan fingerprint density at radius 1 is 1.28 bits per heavy atom. The first-order valence-electron chi connectivity index (χ1n) is 9.27. The van der Waals surface area contributed by atoms with Crippen molar-refractivity contribution < 1.29 is 17.6 Å². The van der Waals surface area contributed by atoms with Crippen molar-refractivity contribution in [2.75, 3.05) is 17.8 Å². The number of rotatable bonds is 7. The topological polar surface area (TPSA) is 92.5 Å². The molecule has 0 aromatic heterocycles. The summed E-state index contributed by atoms with van der Waals surface area (Å²) < 4.78 is 41.4. The summed E-state index contributed by atoms with van der Waals surface area (Å²) in [6.07, 6.45) is 1.64. The third-order valence-corrected chi connectivity index (χ3v) is 6.48. The fourth-order valence-electron chi connectivity index (χ4n) is 3.48. The number of hydrogen-bond acceptors (Lipinski definition) is 4. The number of sulfonamides is 1. The summed E-state index contributed by atoms with van der Waals surface area (Å²) in [6, 6.07) is 11.0. The summed E-state index contributed by atoms with van der Waals surface area (Å²) in [5, 5.41) is -0.0553. The van der Waals surface area contributed by atoms with E-state index >= 15 is 0 Å². The molecular formula is C20H23ClFN3O3S. The molecule has 2 aromatic rings. The zero-order valence-corrected chi connectivity index (χ0v) is 17.3. The average molecular weight is 440 g/mol. The summed E-state index contributed by atoms with van der Waals surface area (Å²) in [7, 11) is -3.76. The molecule has 1 heterocycles. The number of carbonyl (C=O) groups excluding carboxylic acids is 1. The van der Waals surface area contributed by atoms with Gasteiger partial charge in [0.25, 0.3) is 0 Å². The molecule has 1 amide bonds. The van der Waals surface area contributed by atoms with E-state index in [9.17, 15) is 17.6 Å². The third kappa shape index (κ3) is 5.91. The van der Waals surface area contributed by atoms with Gasteiger partial charge in [0.05, 0.1) is 22.4 Å². The van der Waals surface area contributed by atoms with E-state index in [1.54, 1.807) is 12.1 Å². The molecule has 0 spiro atoms. The van der Waals surface area contributed by atoms with Crippen LogP contribution < -0.4 is 10.5 Å². The van der Waals surface area contributed by atoms with Crippen LogP contribution in [0.3, 0.4) is 0 Å². The van der Waals surface area contributed by atoms with Crippen molar-refractivity contribution in [1.82, 2.24) is 4.90 Å². The van der Waals surface area contributed by atoms with E-state index in [1.807, 2.05) is 12.1 Å². The Labute approximate surface area is 174 Å². The van der Waals surface area contributed by atoms with Crippen LogP contribution in [0.1, 0.15) is 24.0 Å². The first-order valence-corrected chi connectivity index (χ1v) is 11.3. The Kier molecular flexibility index (Phi) is 6.77. The predicted molar refractivity (Wildman–Crippen MR) is 111 cm³/mol. The van der Waals surface area contributed by atoms with Crippen molar-refractivity contribution in [3.05, 3.63) is 64.4 Å². The second kappa shape index (κ2) is 9.11. The van der Waals surface area contributed by atoms with Crippen LogP contribution in [-0.4, -0.2) is 32.3 Å². The first kappa shape index (κ1) is 21.5. The average Bonchev–Trinajstić information content (AvgIpc) is 2.66. The summed E-state index contributed by atoms with van der Waals surface area (Å²) in [6.45, 7) is 1.87. The molecule has 0 aliphatic carbocycles. The smallest absolute Gasteiger partial charge is 0.236 e. The van der Waals surface area contributed by atoms with Crippen molar-refractivity contribution in [3.8, 4) is 0 Å². The number of carbonyl (C=O) groups is 1. The fourth-order valence-corrected chi connectivity index (χ4v) is 4.82. The summed E-state index contributed by atoms with van der Waals surface area (Å²) in [5.74, 6) is -1.52. The maximum Gasteiger partial charge on any atom is 0.236 e. The van der Waals surface area contributed by atoms with Gasteiger partial charge in [-0.25, -0.2) is 12.8 Å². The van der Waals surface area contributed by atoms with Gasteiger partial charge in [-0.05, 0) is 48.7 Å².